The molecule has 0 bridgehead atoms. The van der Waals surface area contributed by atoms with Gasteiger partial charge in [-0.1, -0.05) is 23.4 Å². The van der Waals surface area contributed by atoms with E-state index in [0.29, 0.717) is 33.6 Å². The van der Waals surface area contributed by atoms with Crippen LogP contribution in [0.3, 0.4) is 0 Å². The lowest BCUT2D eigenvalue weighted by molar-refractivity contribution is 0.393. The highest BCUT2D eigenvalue weighted by molar-refractivity contribution is 14.1. The van der Waals surface area contributed by atoms with Crippen molar-refractivity contribution < 1.29 is 12.9 Å². The number of nitrogens with one attached hydrogen (secondary N) is 1. The summed E-state index contributed by atoms with van der Waals surface area (Å²) in [6.07, 6.45) is 3.32. The Kier molecular flexibility index (Phi) is 4.11. The van der Waals surface area contributed by atoms with Gasteiger partial charge in [0.2, 0.25) is 9.84 Å². The summed E-state index contributed by atoms with van der Waals surface area (Å²) in [5.74, 6) is 0.554. The second kappa shape index (κ2) is 6.20. The smallest absolute Gasteiger partial charge is 0.208 e. The van der Waals surface area contributed by atoms with Crippen molar-refractivity contribution in [1.29, 1.82) is 0 Å². The molecule has 4 rings (SSSR count). The minimum Gasteiger partial charge on any atom is -0.361 e. The maximum Gasteiger partial charge on any atom is 0.208 e. The first-order chi connectivity index (χ1) is 12.4. The lowest BCUT2D eigenvalue weighted by Crippen LogP contribution is -2.06. The number of fused-ring (bicyclic) bond motifs is 1. The Hall–Kier alpha value is -2.20. The summed E-state index contributed by atoms with van der Waals surface area (Å²) in [6.45, 7) is 3.55. The van der Waals surface area contributed by atoms with Crippen LogP contribution in [0.5, 0.6) is 0 Å². The van der Waals surface area contributed by atoms with E-state index in [4.69, 9.17) is 4.52 Å². The molecule has 0 aliphatic rings. The molecule has 0 aliphatic heterocycles. The van der Waals surface area contributed by atoms with Gasteiger partial charge in [0.15, 0.2) is 0 Å². The molecule has 4 aromatic rings. The van der Waals surface area contributed by atoms with Crippen molar-refractivity contribution in [2.24, 2.45) is 0 Å². The third-order valence-electron chi connectivity index (χ3n) is 4.23. The molecule has 3 heterocycles. The number of pyridine rings is 1. The van der Waals surface area contributed by atoms with E-state index in [-0.39, 0.29) is 9.79 Å². The van der Waals surface area contributed by atoms with Crippen molar-refractivity contribution in [1.82, 2.24) is 15.1 Å². The van der Waals surface area contributed by atoms with Crippen molar-refractivity contribution in [3.8, 4) is 11.1 Å². The van der Waals surface area contributed by atoms with E-state index >= 15 is 0 Å². The topological polar surface area (TPSA) is 88.8 Å². The van der Waals surface area contributed by atoms with Crippen LogP contribution < -0.4 is 0 Å². The molecular weight excluding hydrogens is 465 g/mol. The van der Waals surface area contributed by atoms with Gasteiger partial charge in [0, 0.05) is 21.5 Å². The van der Waals surface area contributed by atoms with Crippen molar-refractivity contribution in [3.05, 3.63) is 57.7 Å². The third-order valence-corrected chi connectivity index (χ3v) is 6.94. The normalized spacial score (nSPS) is 12.0. The Balaban J connectivity index is 2.16. The lowest BCUT2D eigenvalue weighted by atomic mass is 10.1. The summed E-state index contributed by atoms with van der Waals surface area (Å²) >= 11 is 2.12. The lowest BCUT2D eigenvalue weighted by Gasteiger charge is -2.12. The van der Waals surface area contributed by atoms with Crippen LogP contribution in [0, 0.1) is 17.4 Å². The van der Waals surface area contributed by atoms with Gasteiger partial charge in [0.1, 0.15) is 11.4 Å². The molecule has 3 aromatic heterocycles. The summed E-state index contributed by atoms with van der Waals surface area (Å²) in [5.41, 5.74) is 2.30. The summed E-state index contributed by atoms with van der Waals surface area (Å²) in [6, 6.07) is 8.40. The summed E-state index contributed by atoms with van der Waals surface area (Å²) < 4.78 is 33.1. The predicted octanol–water partition coefficient (Wildman–Crippen LogP) is 4.27. The quantitative estimate of drug-likeness (QED) is 0.444. The van der Waals surface area contributed by atoms with E-state index in [1.807, 2.05) is 0 Å². The van der Waals surface area contributed by atoms with E-state index in [1.54, 1.807) is 56.6 Å². The number of hydrogen-bond acceptors (Lipinski definition) is 5. The Morgan fingerprint density at radius 3 is 2.54 bits per heavy atom. The number of hydrogen-bond donors (Lipinski definition) is 1. The highest BCUT2D eigenvalue weighted by atomic mass is 127. The number of aromatic amines is 1. The molecular formula is C18H14IN3O3S. The van der Waals surface area contributed by atoms with Crippen molar-refractivity contribution in [3.63, 3.8) is 0 Å². The predicted molar refractivity (Wildman–Crippen MR) is 106 cm³/mol. The van der Waals surface area contributed by atoms with Gasteiger partial charge in [-0.2, -0.15) is 0 Å². The molecule has 8 heteroatoms. The van der Waals surface area contributed by atoms with Gasteiger partial charge in [-0.05, 0) is 48.6 Å². The monoisotopic (exact) mass is 479 g/mol. The number of aromatic nitrogens is 3. The molecule has 1 N–H and O–H groups in total. The molecule has 0 amide bonds. The molecule has 0 fully saturated rings. The number of H-pyrrole nitrogens is 1. The van der Waals surface area contributed by atoms with Gasteiger partial charge >= 0.3 is 0 Å². The number of sulfone groups is 1. The van der Waals surface area contributed by atoms with E-state index in [2.05, 4.69) is 37.7 Å². The molecule has 0 atom stereocenters. The zero-order valence-electron chi connectivity index (χ0n) is 13.9. The summed E-state index contributed by atoms with van der Waals surface area (Å²) in [5, 5.41) is 4.55. The molecule has 26 heavy (non-hydrogen) atoms. The minimum absolute atomic E-state index is 0.216. The first-order valence-electron chi connectivity index (χ1n) is 7.80. The van der Waals surface area contributed by atoms with E-state index < -0.39 is 9.84 Å². The average Bonchev–Trinajstić information content (AvgIpc) is 3.17. The number of rotatable bonds is 3. The van der Waals surface area contributed by atoms with Crippen LogP contribution in [0.25, 0.3) is 22.2 Å². The van der Waals surface area contributed by atoms with Crippen LogP contribution in [0.2, 0.25) is 0 Å². The van der Waals surface area contributed by atoms with Gasteiger partial charge in [-0.15, -0.1) is 0 Å². The Labute approximate surface area is 163 Å². The first kappa shape index (κ1) is 17.2. The SMILES string of the molecule is Cc1noc(C)c1-c1cnc2[nH]cc(I)c2c1S(=O)(=O)c1ccccc1. The van der Waals surface area contributed by atoms with Gasteiger partial charge < -0.3 is 9.51 Å². The van der Waals surface area contributed by atoms with Crippen molar-refractivity contribution >= 4 is 43.5 Å². The van der Waals surface area contributed by atoms with Gasteiger partial charge in [-0.3, -0.25) is 0 Å². The Morgan fingerprint density at radius 1 is 1.15 bits per heavy atom. The number of benzene rings is 1. The summed E-state index contributed by atoms with van der Waals surface area (Å²) in [4.78, 5) is 7.90. The van der Waals surface area contributed by atoms with Crippen LogP contribution in [0.1, 0.15) is 11.5 Å². The fourth-order valence-corrected chi connectivity index (χ4v) is 5.61. The molecule has 0 saturated carbocycles. The highest BCUT2D eigenvalue weighted by Crippen LogP contribution is 2.39. The maximum absolute atomic E-state index is 13.5. The average molecular weight is 479 g/mol. The van der Waals surface area contributed by atoms with Gasteiger partial charge in [0.05, 0.1) is 26.4 Å². The third kappa shape index (κ3) is 2.55. The van der Waals surface area contributed by atoms with Crippen molar-refractivity contribution in [2.45, 2.75) is 23.6 Å². The first-order valence-corrected chi connectivity index (χ1v) is 10.4. The van der Waals surface area contributed by atoms with Crippen LogP contribution in [0.15, 0.2) is 57.0 Å². The molecule has 0 radical (unpaired) electrons. The fourth-order valence-electron chi connectivity index (χ4n) is 3.07. The Morgan fingerprint density at radius 2 is 1.88 bits per heavy atom. The molecule has 1 aromatic carbocycles. The minimum atomic E-state index is -3.78. The standard InChI is InChI=1S/C18H14IN3O3S/c1-10-15(11(2)25-22-10)13-8-20-18-16(14(19)9-21-18)17(13)26(23,24)12-6-4-3-5-7-12/h3-9H,1-2H3,(H,20,21). The zero-order valence-corrected chi connectivity index (χ0v) is 16.9. The van der Waals surface area contributed by atoms with E-state index in [0.717, 1.165) is 3.57 Å². The maximum atomic E-state index is 13.5. The van der Waals surface area contributed by atoms with Crippen LogP contribution in [0.4, 0.5) is 0 Å². The second-order valence-corrected chi connectivity index (χ2v) is 8.93. The zero-order chi connectivity index (χ0) is 18.5. The highest BCUT2D eigenvalue weighted by Gasteiger charge is 2.29. The Bertz CT molecular complexity index is 1210. The van der Waals surface area contributed by atoms with E-state index in [1.165, 1.54) is 0 Å². The molecule has 0 spiro atoms. The number of aryl methyl sites for hydroxylation is 2. The van der Waals surface area contributed by atoms with E-state index in [9.17, 15) is 8.42 Å². The molecule has 6 nitrogen and oxygen atoms in total. The largest absolute Gasteiger partial charge is 0.361 e. The number of halogens is 1. The van der Waals surface area contributed by atoms with Gasteiger partial charge in [-0.25, -0.2) is 13.4 Å². The number of nitrogens with zero attached hydrogens (tertiary/aromatic N) is 2. The van der Waals surface area contributed by atoms with Crippen LogP contribution in [-0.2, 0) is 9.84 Å². The van der Waals surface area contributed by atoms with Gasteiger partial charge in [0.25, 0.3) is 0 Å². The van der Waals surface area contributed by atoms with Crippen molar-refractivity contribution in [2.75, 3.05) is 0 Å². The molecule has 0 aliphatic carbocycles. The van der Waals surface area contributed by atoms with Crippen LogP contribution in [-0.4, -0.2) is 23.5 Å². The summed E-state index contributed by atoms with van der Waals surface area (Å²) in [7, 11) is -3.78. The molecule has 0 saturated heterocycles. The molecule has 132 valence electrons. The second-order valence-electron chi connectivity index (χ2n) is 5.88. The van der Waals surface area contributed by atoms with Crippen LogP contribution >= 0.6 is 22.6 Å². The fraction of sp³-hybridized carbons (Fsp3) is 0.111. The molecule has 0 unspecified atom stereocenters.